The van der Waals surface area contributed by atoms with E-state index in [-0.39, 0.29) is 35.5 Å². The molecule has 21 N–H and O–H groups in total. The van der Waals surface area contributed by atoms with Crippen LogP contribution in [0.25, 0.3) is 0 Å². The highest BCUT2D eigenvalue weighted by Crippen LogP contribution is 2.34. The van der Waals surface area contributed by atoms with Crippen molar-refractivity contribution < 1.29 is 180 Å². The summed E-state index contributed by atoms with van der Waals surface area (Å²) in [6.07, 6.45) is -26.4. The molecule has 139 heavy (non-hydrogen) atoms. The fraction of sp³-hybridized carbons (Fsp3) is 0.670. The molecule has 11 amide bonds. The molecule has 0 radical (unpaired) electrons. The number of primary amides is 1. The van der Waals surface area contributed by atoms with Crippen molar-refractivity contribution in [2.45, 2.75) is 357 Å². The maximum absolute atomic E-state index is 15.8. The zero-order valence-corrected chi connectivity index (χ0v) is 79.9. The molecule has 0 aliphatic carbocycles. The Morgan fingerprint density at radius 2 is 1.14 bits per heavy atom. The molecule has 6 rings (SSSR count). The van der Waals surface area contributed by atoms with Gasteiger partial charge in [0, 0.05) is 60.9 Å². The van der Waals surface area contributed by atoms with E-state index in [4.69, 9.17) is 57.8 Å². The lowest BCUT2D eigenvalue weighted by Gasteiger charge is -2.46. The lowest BCUT2D eigenvalue weighted by molar-refractivity contribution is -0.339. The average Bonchev–Trinajstić information content (AvgIpc) is 0.782. The normalized spacial score (nSPS) is 28.4. The molecule has 2 aromatic carbocycles. The van der Waals surface area contributed by atoms with Crippen molar-refractivity contribution in [2.24, 2.45) is 5.73 Å². The molecule has 0 bridgehead atoms. The second-order valence-corrected chi connectivity index (χ2v) is 34.7. The molecule has 48 heteroatoms. The summed E-state index contributed by atoms with van der Waals surface area (Å²) in [6, 6.07) is -6.77. The zero-order valence-electron chi connectivity index (χ0n) is 79.9. The number of benzene rings is 2. The molecule has 27 atom stereocenters. The van der Waals surface area contributed by atoms with Crippen molar-refractivity contribution in [1.82, 2.24) is 52.8 Å². The number of likely N-dealkylation sites (N-methyl/N-ethyl adjacent to an activating group) is 1. The van der Waals surface area contributed by atoms with Crippen LogP contribution in [-0.4, -0.2) is 349 Å². The minimum Gasteiger partial charge on any atom is -0.508 e. The number of aliphatic hydroxyl groups excluding tert-OH is 8. The van der Waals surface area contributed by atoms with Crippen LogP contribution in [0.2, 0.25) is 0 Å². The third-order valence-electron chi connectivity index (χ3n) is 23.3. The summed E-state index contributed by atoms with van der Waals surface area (Å²) < 4.78 is 64.2. The van der Waals surface area contributed by atoms with Gasteiger partial charge in [-0.15, -0.1) is 0 Å². The number of hydrogen-bond donors (Lipinski definition) is 20. The van der Waals surface area contributed by atoms with E-state index in [1.807, 2.05) is 0 Å². The molecule has 4 saturated heterocycles. The van der Waals surface area contributed by atoms with Crippen LogP contribution in [0.4, 0.5) is 0 Å². The molecule has 4 heterocycles. The van der Waals surface area contributed by atoms with Gasteiger partial charge in [0.15, 0.2) is 43.3 Å². The summed E-state index contributed by atoms with van der Waals surface area (Å²) in [5, 5.41) is 132. The van der Waals surface area contributed by atoms with Crippen LogP contribution in [0.15, 0.2) is 60.3 Å². The summed E-state index contributed by atoms with van der Waals surface area (Å²) >= 11 is 0. The number of rotatable bonds is 42. The largest absolute Gasteiger partial charge is 0.508 e. The number of amides is 11. The minimum absolute atomic E-state index is 0.0885. The lowest BCUT2D eigenvalue weighted by atomic mass is 9.96. The third kappa shape index (κ3) is 36.7. The summed E-state index contributed by atoms with van der Waals surface area (Å²) in [5.41, 5.74) is 5.15. The van der Waals surface area contributed by atoms with Crippen LogP contribution in [0.3, 0.4) is 0 Å². The van der Waals surface area contributed by atoms with Gasteiger partial charge in [0.25, 0.3) is 11.8 Å². The number of phenolic OH excluding ortho intramolecular Hbond substituents is 2. The van der Waals surface area contributed by atoms with Gasteiger partial charge in [0.1, 0.15) is 121 Å². The lowest BCUT2D eigenvalue weighted by Crippen LogP contribution is -2.67. The number of aromatic hydroxyl groups is 2. The standard InChI is InChI=1S/C91H137N11O37/c1-13-15-16-17-18-19-20-21-22-23-24-25-26-27-62(136-90-75(119)76(61(113)42-130-90)139-89-70(94-48(7)106)74(118)72(116)63(41-103)137-89)73(117)87(127)100-68(45(4)105)84(124)101-69-46(5)131-88(128)60(39-54-30-34-56(112)35-31-54)98-86(126)71(47(6)132-91-79(135-52(11)110)78(134-51(10)109)77(133-50(9)108)64(138-91)43-129-49(8)107)102(12)66(115)40-93-80(120)58(36-37-65(92)114)96-81(121)57(14-2)95-82(122)59(38-53-28-32-55(111)33-29-53)97-83(123)67(44(3)104)99-85(69)125/h14,28-35,44-47,58-64,67-79,89-91,103-105,111-113,116-119H,13,15-27,36-43H2,1-12H3,(H2,92,114)(H,93,120)(H,94,106)(H,95,122)(H,96,121)(H,97,123)(H,98,126)(H,99,125)(H,100,127)(H,101,124)/t44-,45?,46+,47?,58+,59+,60-,61+,62?,63-,64-,67-,68?,69-,70-,71?,72-,73?,74-,75-,76+,77-,78+,79+,89+,90-,91+/m0/s1. The Labute approximate surface area is 802 Å². The van der Waals surface area contributed by atoms with Crippen molar-refractivity contribution in [2.75, 3.05) is 33.4 Å². The van der Waals surface area contributed by atoms with E-state index in [9.17, 15) is 109 Å². The summed E-state index contributed by atoms with van der Waals surface area (Å²) in [7, 11) is 0.966. The molecular weight excluding hydrogens is 1840 g/mol. The summed E-state index contributed by atoms with van der Waals surface area (Å²) in [6.45, 7) is 8.66. The molecule has 2 aromatic rings. The Bertz CT molecular complexity index is 4450. The first-order valence-corrected chi connectivity index (χ1v) is 46.3. The number of hydrogen-bond acceptors (Lipinski definition) is 37. The van der Waals surface area contributed by atoms with Gasteiger partial charge >= 0.3 is 29.8 Å². The smallest absolute Gasteiger partial charge is 0.329 e. The Morgan fingerprint density at radius 1 is 0.597 bits per heavy atom. The van der Waals surface area contributed by atoms with Crippen LogP contribution in [-0.2, 0) is 142 Å². The van der Waals surface area contributed by atoms with E-state index in [0.717, 1.165) is 152 Å². The summed E-state index contributed by atoms with van der Waals surface area (Å²) in [5.74, 6) is -20.5. The van der Waals surface area contributed by atoms with Crippen LogP contribution < -0.4 is 53.6 Å². The first-order valence-electron chi connectivity index (χ1n) is 46.3. The van der Waals surface area contributed by atoms with Gasteiger partial charge in [-0.25, -0.2) is 4.79 Å². The van der Waals surface area contributed by atoms with Gasteiger partial charge in [-0.2, -0.15) is 0 Å². The highest BCUT2D eigenvalue weighted by atomic mass is 16.8. The quantitative estimate of drug-likeness (QED) is 0.0130. The van der Waals surface area contributed by atoms with Gasteiger partial charge in [0.2, 0.25) is 53.2 Å². The molecule has 4 aliphatic rings. The number of nitrogens with zero attached hydrogens (tertiary/aromatic N) is 1. The number of cyclic esters (lactones) is 1. The van der Waals surface area contributed by atoms with Crippen molar-refractivity contribution in [3.8, 4) is 11.5 Å². The fourth-order valence-corrected chi connectivity index (χ4v) is 15.9. The van der Waals surface area contributed by atoms with Crippen molar-refractivity contribution >= 4 is 94.8 Å². The maximum Gasteiger partial charge on any atom is 0.329 e. The first-order chi connectivity index (χ1) is 65.7. The average molecular weight is 1980 g/mol. The minimum atomic E-state index is -2.47. The molecule has 6 unspecified atom stereocenters. The van der Waals surface area contributed by atoms with Crippen LogP contribution in [0.1, 0.15) is 190 Å². The number of allylic oxidation sites excluding steroid dienone is 1. The van der Waals surface area contributed by atoms with Gasteiger partial charge in [-0.1, -0.05) is 121 Å². The SMILES string of the molecule is CC=C1NC(=O)[C@@H](Cc2ccc(O)cc2)NC(=O)[C@H]([C@H](C)O)NC(=O)[C@@H](NC(=O)C(NC(=O)C(O)C(CCCCCCCCCCCCCCC)O[C@@H]2OC[C@@H](O)[C@@H](O[C@H]3O[C@@H](CO)[C@H](O)[C@@H](O)[C@@H]3NC(C)=O)[C@@H]2O)C(C)O)[C@@H](C)OC(=O)[C@H](Cc2ccc(O)cc2)NC(=O)C(C(C)O[C@@H]2O[C@@H](COC(C)=O)[C@H](OC(C)=O)[C@@H](OC(C)=O)[C@H]2OC(C)=O)N(C)C(=O)CNC(=O)[C@@H](CCC(N)=O)NC1=O. The number of unbranched alkanes of at least 4 members (excludes halogenated alkanes) is 12. The molecular formula is C91H137N11O37. The van der Waals surface area contributed by atoms with Gasteiger partial charge in [0.05, 0.1) is 44.2 Å². The molecule has 4 fully saturated rings. The predicted octanol–water partition coefficient (Wildman–Crippen LogP) is -4.15. The fourth-order valence-electron chi connectivity index (χ4n) is 15.9. The first kappa shape index (κ1) is 116. The molecule has 0 saturated carbocycles. The molecule has 778 valence electrons. The van der Waals surface area contributed by atoms with E-state index in [1.54, 1.807) is 0 Å². The summed E-state index contributed by atoms with van der Waals surface area (Å²) in [4.78, 5) is 227. The molecule has 0 spiro atoms. The molecule has 4 aliphatic heterocycles. The zero-order chi connectivity index (χ0) is 103. The number of phenols is 2. The Balaban J connectivity index is 1.49. The van der Waals surface area contributed by atoms with E-state index in [0.29, 0.717) is 17.7 Å². The van der Waals surface area contributed by atoms with Gasteiger partial charge in [-0.3, -0.25) is 71.9 Å². The van der Waals surface area contributed by atoms with E-state index in [1.165, 1.54) is 43.3 Å². The predicted molar refractivity (Wildman–Crippen MR) is 480 cm³/mol. The van der Waals surface area contributed by atoms with Gasteiger partial charge < -0.3 is 162 Å². The highest BCUT2D eigenvalue weighted by Gasteiger charge is 2.56. The number of nitrogens with two attached hydrogens (primary N) is 1. The third-order valence-corrected chi connectivity index (χ3v) is 23.3. The second-order valence-electron chi connectivity index (χ2n) is 34.7. The van der Waals surface area contributed by atoms with Crippen molar-refractivity contribution in [3.63, 3.8) is 0 Å². The van der Waals surface area contributed by atoms with Crippen molar-refractivity contribution in [3.05, 3.63) is 71.4 Å². The van der Waals surface area contributed by atoms with Crippen LogP contribution in [0.5, 0.6) is 11.5 Å². The van der Waals surface area contributed by atoms with E-state index < -0.39 is 317 Å². The number of carbonyl (C=O) groups excluding carboxylic acids is 16. The van der Waals surface area contributed by atoms with E-state index >= 15 is 19.2 Å². The monoisotopic (exact) mass is 1980 g/mol. The van der Waals surface area contributed by atoms with Crippen LogP contribution in [0, 0.1) is 0 Å². The van der Waals surface area contributed by atoms with Crippen molar-refractivity contribution in [1.29, 1.82) is 0 Å². The number of aliphatic hydroxyl groups is 8. The number of esters is 5. The maximum atomic E-state index is 15.8. The Kier molecular flexibility index (Phi) is 48.1. The van der Waals surface area contributed by atoms with Gasteiger partial charge in [-0.05, 0) is 82.9 Å². The number of carbonyl (C=O) groups is 16. The highest BCUT2D eigenvalue weighted by molar-refractivity contribution is 6.03. The second kappa shape index (κ2) is 57.5. The Hall–Kier alpha value is -11.3. The number of ether oxygens (including phenoxy) is 11. The topological polar surface area (TPSA) is 714 Å². The number of nitrogens with one attached hydrogen (secondary N) is 9. The van der Waals surface area contributed by atoms with Crippen LogP contribution >= 0.6 is 0 Å². The Morgan fingerprint density at radius 3 is 1.68 bits per heavy atom. The molecule has 0 aromatic heterocycles. The van der Waals surface area contributed by atoms with E-state index in [2.05, 4.69) is 54.8 Å². The molecule has 48 nitrogen and oxygen atoms in total.